The normalized spacial score (nSPS) is 22.8. The number of hydrogen-bond acceptors (Lipinski definition) is 6. The summed E-state index contributed by atoms with van der Waals surface area (Å²) >= 11 is 1.44. The van der Waals surface area contributed by atoms with Gasteiger partial charge in [-0.05, 0) is 19.3 Å². The highest BCUT2D eigenvalue weighted by Gasteiger charge is 2.15. The molecule has 0 saturated carbocycles. The summed E-state index contributed by atoms with van der Waals surface area (Å²) in [4.78, 5) is 14.1. The Bertz CT molecular complexity index is 309. The van der Waals surface area contributed by atoms with Crippen LogP contribution in [0.5, 0.6) is 0 Å². The van der Waals surface area contributed by atoms with E-state index in [0.29, 0.717) is 0 Å². The number of hydrogen-bond donors (Lipinski definition) is 1. The molecule has 0 spiro atoms. The monoisotopic (exact) mass is 364 g/mol. The third kappa shape index (κ3) is 8.34. The molecule has 128 valence electrons. The number of carbonyl (C=O) groups excluding carboxylic acids is 1. The number of nitrogens with one attached hydrogen (secondary N) is 1. The molecule has 2 heterocycles. The van der Waals surface area contributed by atoms with Crippen molar-refractivity contribution in [2.75, 3.05) is 50.9 Å². The molecule has 0 aliphatic carbocycles. The van der Waals surface area contributed by atoms with Crippen molar-refractivity contribution < 1.29 is 9.53 Å². The van der Waals surface area contributed by atoms with E-state index in [4.69, 9.17) is 4.74 Å². The van der Waals surface area contributed by atoms with Crippen molar-refractivity contribution in [2.45, 2.75) is 37.4 Å². The lowest BCUT2D eigenvalue weighted by molar-refractivity contribution is 0.0388. The SMILES string of the molecule is O=C(NCCN1CCOCC1)SCCCCC[C@@H]1CCSS1. The number of morpholine rings is 1. The molecular formula is C15H28N2O2S3. The van der Waals surface area contributed by atoms with Crippen molar-refractivity contribution in [2.24, 2.45) is 0 Å². The van der Waals surface area contributed by atoms with Gasteiger partial charge in [-0.15, -0.1) is 0 Å². The Balaban J connectivity index is 1.36. The zero-order valence-corrected chi connectivity index (χ0v) is 15.7. The molecule has 2 fully saturated rings. The van der Waals surface area contributed by atoms with Gasteiger partial charge >= 0.3 is 0 Å². The average molecular weight is 365 g/mol. The maximum atomic E-state index is 11.7. The van der Waals surface area contributed by atoms with Crippen LogP contribution in [-0.2, 0) is 4.74 Å². The Kier molecular flexibility index (Phi) is 10.2. The smallest absolute Gasteiger partial charge is 0.279 e. The molecule has 1 N–H and O–H groups in total. The highest BCUT2D eigenvalue weighted by Crippen LogP contribution is 2.39. The molecule has 2 aliphatic heterocycles. The summed E-state index contributed by atoms with van der Waals surface area (Å²) in [6.45, 7) is 5.30. The van der Waals surface area contributed by atoms with E-state index >= 15 is 0 Å². The summed E-state index contributed by atoms with van der Waals surface area (Å²) in [7, 11) is 4.09. The minimum Gasteiger partial charge on any atom is -0.379 e. The Morgan fingerprint density at radius 3 is 2.91 bits per heavy atom. The summed E-state index contributed by atoms with van der Waals surface area (Å²) < 4.78 is 5.31. The Morgan fingerprint density at radius 1 is 1.27 bits per heavy atom. The second-order valence-corrected chi connectivity index (χ2v) is 9.55. The summed E-state index contributed by atoms with van der Waals surface area (Å²) in [5.74, 6) is 2.28. The summed E-state index contributed by atoms with van der Waals surface area (Å²) in [6.07, 6.45) is 6.48. The fourth-order valence-electron chi connectivity index (χ4n) is 2.57. The van der Waals surface area contributed by atoms with Gasteiger partial charge in [0.1, 0.15) is 0 Å². The number of nitrogens with zero attached hydrogens (tertiary/aromatic N) is 1. The molecule has 2 aliphatic rings. The van der Waals surface area contributed by atoms with Crippen molar-refractivity contribution in [3.8, 4) is 0 Å². The molecule has 0 bridgehead atoms. The van der Waals surface area contributed by atoms with Crippen LogP contribution in [0.1, 0.15) is 32.1 Å². The van der Waals surface area contributed by atoms with Crippen molar-refractivity contribution in [1.29, 1.82) is 0 Å². The molecule has 0 unspecified atom stereocenters. The van der Waals surface area contributed by atoms with E-state index in [1.54, 1.807) is 0 Å². The van der Waals surface area contributed by atoms with Gasteiger partial charge in [-0.3, -0.25) is 9.69 Å². The second kappa shape index (κ2) is 11.9. The van der Waals surface area contributed by atoms with Crippen LogP contribution in [0.3, 0.4) is 0 Å². The molecule has 0 aromatic heterocycles. The molecule has 22 heavy (non-hydrogen) atoms. The van der Waals surface area contributed by atoms with Gasteiger partial charge < -0.3 is 10.1 Å². The van der Waals surface area contributed by atoms with E-state index in [9.17, 15) is 4.79 Å². The average Bonchev–Trinajstić information content (AvgIpc) is 3.05. The Morgan fingerprint density at radius 2 is 2.14 bits per heavy atom. The van der Waals surface area contributed by atoms with Crippen LogP contribution in [0.15, 0.2) is 0 Å². The van der Waals surface area contributed by atoms with Crippen molar-refractivity contribution in [3.05, 3.63) is 0 Å². The van der Waals surface area contributed by atoms with Crippen LogP contribution in [-0.4, -0.2) is 66.3 Å². The molecule has 0 aromatic rings. The molecule has 7 heteroatoms. The molecule has 2 saturated heterocycles. The van der Waals surface area contributed by atoms with Crippen LogP contribution >= 0.6 is 33.3 Å². The van der Waals surface area contributed by atoms with E-state index < -0.39 is 0 Å². The highest BCUT2D eigenvalue weighted by molar-refractivity contribution is 8.77. The fourth-order valence-corrected chi connectivity index (χ4v) is 6.34. The molecule has 2 rings (SSSR count). The quantitative estimate of drug-likeness (QED) is 0.499. The van der Waals surface area contributed by atoms with E-state index in [2.05, 4.69) is 21.0 Å². The minimum absolute atomic E-state index is 0.135. The van der Waals surface area contributed by atoms with Crippen LogP contribution in [0.2, 0.25) is 0 Å². The Labute approximate surface area is 146 Å². The largest absolute Gasteiger partial charge is 0.379 e. The lowest BCUT2D eigenvalue weighted by Gasteiger charge is -2.26. The van der Waals surface area contributed by atoms with Crippen LogP contribution < -0.4 is 5.32 Å². The van der Waals surface area contributed by atoms with E-state index in [1.807, 2.05) is 10.8 Å². The predicted octanol–water partition coefficient (Wildman–Crippen LogP) is 3.48. The number of amides is 1. The first-order valence-corrected chi connectivity index (χ1v) is 11.7. The first-order chi connectivity index (χ1) is 10.8. The van der Waals surface area contributed by atoms with Crippen LogP contribution in [0, 0.1) is 0 Å². The van der Waals surface area contributed by atoms with Crippen molar-refractivity contribution >= 4 is 38.6 Å². The molecule has 4 nitrogen and oxygen atoms in total. The van der Waals surface area contributed by atoms with E-state index in [0.717, 1.165) is 56.8 Å². The van der Waals surface area contributed by atoms with Crippen molar-refractivity contribution in [1.82, 2.24) is 10.2 Å². The lowest BCUT2D eigenvalue weighted by Crippen LogP contribution is -2.40. The van der Waals surface area contributed by atoms with Crippen LogP contribution in [0.25, 0.3) is 0 Å². The summed E-state index contributed by atoms with van der Waals surface area (Å²) in [5, 5.41) is 4.03. The first kappa shape index (κ1) is 18.8. The first-order valence-electron chi connectivity index (χ1n) is 8.33. The third-order valence-electron chi connectivity index (χ3n) is 3.93. The van der Waals surface area contributed by atoms with Gasteiger partial charge in [-0.25, -0.2) is 0 Å². The molecule has 1 atom stereocenters. The number of unbranched alkanes of at least 4 members (excludes halogenated alkanes) is 2. The zero-order chi connectivity index (χ0) is 15.5. The fraction of sp³-hybridized carbons (Fsp3) is 0.933. The molecular weight excluding hydrogens is 336 g/mol. The van der Waals surface area contributed by atoms with E-state index in [-0.39, 0.29) is 5.24 Å². The molecule has 0 aromatic carbocycles. The van der Waals surface area contributed by atoms with Gasteiger partial charge in [-0.2, -0.15) is 0 Å². The van der Waals surface area contributed by atoms with Crippen molar-refractivity contribution in [3.63, 3.8) is 0 Å². The van der Waals surface area contributed by atoms with Gasteiger partial charge in [0.25, 0.3) is 5.24 Å². The number of thioether (sulfide) groups is 1. The second-order valence-electron chi connectivity index (χ2n) is 5.69. The zero-order valence-electron chi connectivity index (χ0n) is 13.3. The van der Waals surface area contributed by atoms with Gasteiger partial charge in [0, 0.05) is 42.9 Å². The maximum Gasteiger partial charge on any atom is 0.279 e. The molecule has 0 radical (unpaired) electrons. The number of carbonyl (C=O) groups is 1. The summed E-state index contributed by atoms with van der Waals surface area (Å²) in [6, 6.07) is 0. The van der Waals surface area contributed by atoms with Gasteiger partial charge in [0.2, 0.25) is 0 Å². The lowest BCUT2D eigenvalue weighted by atomic mass is 10.1. The highest BCUT2D eigenvalue weighted by atomic mass is 33.1. The predicted molar refractivity (Wildman–Crippen MR) is 100 cm³/mol. The Hall–Kier alpha value is 0.440. The number of ether oxygens (including phenoxy) is 1. The van der Waals surface area contributed by atoms with Crippen LogP contribution in [0.4, 0.5) is 4.79 Å². The third-order valence-corrected chi connectivity index (χ3v) is 7.84. The van der Waals surface area contributed by atoms with E-state index in [1.165, 1.54) is 43.2 Å². The standard InChI is InChI=1S/C15H28N2O2S3/c18-15(16-6-7-17-8-10-19-11-9-17)20-12-3-1-2-4-14-5-13-21-22-14/h14H,1-13H2,(H,16,18)/t14-/m1/s1. The van der Waals surface area contributed by atoms with Gasteiger partial charge in [0.05, 0.1) is 13.2 Å². The minimum atomic E-state index is 0.135. The topological polar surface area (TPSA) is 41.6 Å². The number of rotatable bonds is 9. The maximum absolute atomic E-state index is 11.7. The van der Waals surface area contributed by atoms with Gasteiger partial charge in [-0.1, -0.05) is 46.2 Å². The summed E-state index contributed by atoms with van der Waals surface area (Å²) in [5.41, 5.74) is 0. The van der Waals surface area contributed by atoms with Gasteiger partial charge in [0.15, 0.2) is 0 Å². The molecule has 1 amide bonds.